The molecule has 0 aromatic carbocycles. The fourth-order valence-electron chi connectivity index (χ4n) is 1.24. The van der Waals surface area contributed by atoms with Crippen molar-refractivity contribution in [1.82, 2.24) is 4.57 Å². The second kappa shape index (κ2) is 4.69. The Bertz CT molecular complexity index is 411. The summed E-state index contributed by atoms with van der Waals surface area (Å²) in [5.74, 6) is -1.87. The van der Waals surface area contributed by atoms with Crippen LogP contribution >= 0.6 is 0 Å². The summed E-state index contributed by atoms with van der Waals surface area (Å²) in [7, 11) is 0. The first-order chi connectivity index (χ1) is 7.45. The third kappa shape index (κ3) is 2.53. The van der Waals surface area contributed by atoms with Gasteiger partial charge in [0.2, 0.25) is 0 Å². The highest BCUT2D eigenvalue weighted by Gasteiger charge is 2.20. The van der Waals surface area contributed by atoms with Crippen molar-refractivity contribution in [2.24, 2.45) is 0 Å². The van der Waals surface area contributed by atoms with Crippen molar-refractivity contribution < 1.29 is 19.4 Å². The second-order valence-corrected chi connectivity index (χ2v) is 3.33. The smallest absolute Gasteiger partial charge is 0.355 e. The summed E-state index contributed by atoms with van der Waals surface area (Å²) < 4.78 is 6.34. The van der Waals surface area contributed by atoms with Gasteiger partial charge in [0.25, 0.3) is 0 Å². The Kier molecular flexibility index (Phi) is 3.55. The molecular weight excluding hydrogens is 212 g/mol. The van der Waals surface area contributed by atoms with E-state index in [1.807, 2.05) is 6.92 Å². The number of nitrogens with two attached hydrogens (primary N) is 1. The lowest BCUT2D eigenvalue weighted by molar-refractivity contribution is -0.146. The fraction of sp³-hybridized carbons (Fsp3) is 0.400. The van der Waals surface area contributed by atoms with Gasteiger partial charge in [-0.05, 0) is 19.9 Å². The van der Waals surface area contributed by atoms with Gasteiger partial charge < -0.3 is 20.1 Å². The minimum Gasteiger partial charge on any atom is -0.479 e. The van der Waals surface area contributed by atoms with Crippen LogP contribution in [0.25, 0.3) is 0 Å². The van der Waals surface area contributed by atoms with Crippen LogP contribution in [-0.2, 0) is 16.1 Å². The number of nitrogens with zero attached hydrogens (tertiary/aromatic N) is 1. The number of anilines is 1. The normalized spacial score (nSPS) is 12.1. The molecule has 0 aliphatic carbocycles. The van der Waals surface area contributed by atoms with E-state index in [9.17, 15) is 9.59 Å². The van der Waals surface area contributed by atoms with Crippen molar-refractivity contribution in [3.8, 4) is 0 Å². The van der Waals surface area contributed by atoms with Gasteiger partial charge in [-0.3, -0.25) is 0 Å². The quantitative estimate of drug-likeness (QED) is 0.737. The van der Waals surface area contributed by atoms with Crippen LogP contribution < -0.4 is 5.73 Å². The summed E-state index contributed by atoms with van der Waals surface area (Å²) in [4.78, 5) is 22.1. The van der Waals surface area contributed by atoms with Crippen LogP contribution in [0.2, 0.25) is 0 Å². The number of aryl methyl sites for hydroxylation is 1. The van der Waals surface area contributed by atoms with Crippen LogP contribution in [0, 0.1) is 0 Å². The van der Waals surface area contributed by atoms with Crippen molar-refractivity contribution >= 4 is 17.6 Å². The number of hydrogen-bond donors (Lipinski definition) is 2. The maximum Gasteiger partial charge on any atom is 0.355 e. The molecule has 6 heteroatoms. The molecule has 6 nitrogen and oxygen atoms in total. The largest absolute Gasteiger partial charge is 0.479 e. The van der Waals surface area contributed by atoms with E-state index in [-0.39, 0.29) is 5.69 Å². The number of nitrogen functional groups attached to an aromatic ring is 1. The Balaban J connectivity index is 2.84. The maximum absolute atomic E-state index is 11.6. The third-order valence-electron chi connectivity index (χ3n) is 2.10. The molecule has 1 rings (SSSR count). The number of carboxylic acids is 1. The van der Waals surface area contributed by atoms with E-state index < -0.39 is 18.0 Å². The Morgan fingerprint density at radius 3 is 2.75 bits per heavy atom. The molecule has 1 aromatic heterocycles. The van der Waals surface area contributed by atoms with Crippen LogP contribution in [0.5, 0.6) is 0 Å². The predicted molar refractivity (Wildman–Crippen MR) is 57.0 cm³/mol. The molecule has 0 aliphatic heterocycles. The molecule has 3 N–H and O–H groups in total. The van der Waals surface area contributed by atoms with Crippen LogP contribution in [0.3, 0.4) is 0 Å². The van der Waals surface area contributed by atoms with Crippen molar-refractivity contribution in [1.29, 1.82) is 0 Å². The fourth-order valence-corrected chi connectivity index (χ4v) is 1.24. The molecule has 0 radical (unpaired) electrons. The summed E-state index contributed by atoms with van der Waals surface area (Å²) in [6.07, 6.45) is 0.427. The van der Waals surface area contributed by atoms with E-state index in [0.29, 0.717) is 12.2 Å². The molecule has 1 unspecified atom stereocenters. The van der Waals surface area contributed by atoms with Gasteiger partial charge in [-0.15, -0.1) is 0 Å². The SMILES string of the molecule is CCn1cc(N)cc1C(=O)OC(C)C(=O)O. The van der Waals surface area contributed by atoms with Crippen molar-refractivity contribution in [2.45, 2.75) is 26.5 Å². The molecule has 0 saturated carbocycles. The highest BCUT2D eigenvalue weighted by atomic mass is 16.6. The number of carbonyl (C=O) groups excluding carboxylic acids is 1. The lowest BCUT2D eigenvalue weighted by Gasteiger charge is -2.09. The molecule has 1 atom stereocenters. The van der Waals surface area contributed by atoms with E-state index in [2.05, 4.69) is 0 Å². The number of esters is 1. The van der Waals surface area contributed by atoms with Crippen LogP contribution in [0.15, 0.2) is 12.3 Å². The Hall–Kier alpha value is -1.98. The summed E-state index contributed by atoms with van der Waals surface area (Å²) in [6, 6.07) is 1.46. The summed E-state index contributed by atoms with van der Waals surface area (Å²) in [5, 5.41) is 8.60. The molecule has 0 bridgehead atoms. The highest BCUT2D eigenvalue weighted by Crippen LogP contribution is 2.12. The van der Waals surface area contributed by atoms with Gasteiger partial charge in [-0.25, -0.2) is 9.59 Å². The molecule has 1 aromatic rings. The zero-order chi connectivity index (χ0) is 12.3. The van der Waals surface area contributed by atoms with Crippen molar-refractivity contribution in [3.63, 3.8) is 0 Å². The molecule has 0 spiro atoms. The van der Waals surface area contributed by atoms with Gasteiger partial charge in [0, 0.05) is 12.7 Å². The number of hydrogen-bond acceptors (Lipinski definition) is 4. The molecule has 16 heavy (non-hydrogen) atoms. The monoisotopic (exact) mass is 226 g/mol. The van der Waals surface area contributed by atoms with E-state index in [1.165, 1.54) is 13.0 Å². The number of aliphatic carboxylic acids is 1. The molecular formula is C10H14N2O4. The van der Waals surface area contributed by atoms with Gasteiger partial charge in [0.1, 0.15) is 5.69 Å². The van der Waals surface area contributed by atoms with Crippen molar-refractivity contribution in [3.05, 3.63) is 18.0 Å². The molecule has 0 amide bonds. The number of aromatic nitrogens is 1. The minimum absolute atomic E-state index is 0.257. The van der Waals surface area contributed by atoms with Gasteiger partial charge in [0.05, 0.1) is 5.69 Å². The average Bonchev–Trinajstić information content (AvgIpc) is 2.59. The van der Waals surface area contributed by atoms with Gasteiger partial charge in [0.15, 0.2) is 6.10 Å². The Morgan fingerprint density at radius 2 is 2.25 bits per heavy atom. The van der Waals surface area contributed by atoms with E-state index >= 15 is 0 Å². The third-order valence-corrected chi connectivity index (χ3v) is 2.10. The topological polar surface area (TPSA) is 94.5 Å². The first-order valence-corrected chi connectivity index (χ1v) is 4.85. The molecule has 0 aliphatic rings. The lowest BCUT2D eigenvalue weighted by Crippen LogP contribution is -2.24. The zero-order valence-corrected chi connectivity index (χ0v) is 9.14. The molecule has 0 saturated heterocycles. The lowest BCUT2D eigenvalue weighted by atomic mass is 10.4. The maximum atomic E-state index is 11.6. The summed E-state index contributed by atoms with van der Waals surface area (Å²) in [5.41, 5.74) is 6.24. The van der Waals surface area contributed by atoms with Gasteiger partial charge >= 0.3 is 11.9 Å². The van der Waals surface area contributed by atoms with Crippen LogP contribution in [0.4, 0.5) is 5.69 Å². The average molecular weight is 226 g/mol. The van der Waals surface area contributed by atoms with E-state index in [0.717, 1.165) is 0 Å². The number of carbonyl (C=O) groups is 2. The van der Waals surface area contributed by atoms with Crippen LogP contribution in [-0.4, -0.2) is 27.7 Å². The predicted octanol–water partition coefficient (Wildman–Crippen LogP) is 0.720. The standard InChI is InChI=1S/C10H14N2O4/c1-3-12-5-7(11)4-8(12)10(15)16-6(2)9(13)14/h4-6H,3,11H2,1-2H3,(H,13,14). The first-order valence-electron chi connectivity index (χ1n) is 4.85. The molecule has 88 valence electrons. The van der Waals surface area contributed by atoms with E-state index in [4.69, 9.17) is 15.6 Å². The van der Waals surface area contributed by atoms with E-state index in [1.54, 1.807) is 10.8 Å². The van der Waals surface area contributed by atoms with Gasteiger partial charge in [-0.1, -0.05) is 0 Å². The molecule has 0 fully saturated rings. The summed E-state index contributed by atoms with van der Waals surface area (Å²) in [6.45, 7) is 3.70. The molecule has 1 heterocycles. The zero-order valence-electron chi connectivity index (χ0n) is 9.14. The second-order valence-electron chi connectivity index (χ2n) is 3.33. The summed E-state index contributed by atoms with van der Waals surface area (Å²) >= 11 is 0. The Labute approximate surface area is 92.6 Å². The number of carboxylic acid groups (broad SMARTS) is 1. The van der Waals surface area contributed by atoms with Gasteiger partial charge in [-0.2, -0.15) is 0 Å². The number of ether oxygens (including phenoxy) is 1. The Morgan fingerprint density at radius 1 is 1.62 bits per heavy atom. The number of rotatable bonds is 4. The van der Waals surface area contributed by atoms with Crippen molar-refractivity contribution in [2.75, 3.05) is 5.73 Å². The first kappa shape index (κ1) is 12.1. The minimum atomic E-state index is -1.18. The van der Waals surface area contributed by atoms with Crippen LogP contribution in [0.1, 0.15) is 24.3 Å². The highest BCUT2D eigenvalue weighted by molar-refractivity contribution is 5.90.